The van der Waals surface area contributed by atoms with Crippen molar-refractivity contribution >= 4 is 22.8 Å². The molecule has 0 radical (unpaired) electrons. The Kier molecular flexibility index (Phi) is 4.19. The smallest absolute Gasteiger partial charge is 0.251 e. The van der Waals surface area contributed by atoms with Gasteiger partial charge in [-0.05, 0) is 36.0 Å². The highest BCUT2D eigenvalue weighted by atomic mass is 16.2. The average molecular weight is 415 g/mol. The molecule has 2 bridgehead atoms. The van der Waals surface area contributed by atoms with Gasteiger partial charge in [0, 0.05) is 5.41 Å². The number of aromatic nitrogens is 2. The predicted molar refractivity (Wildman–Crippen MR) is 118 cm³/mol. The molecule has 2 atom stereocenters. The van der Waals surface area contributed by atoms with Gasteiger partial charge in [0.2, 0.25) is 5.91 Å². The molecule has 2 aromatic carbocycles. The van der Waals surface area contributed by atoms with Gasteiger partial charge >= 0.3 is 0 Å². The number of nitrogens with one attached hydrogen (secondary N) is 2. The zero-order valence-electron chi connectivity index (χ0n) is 18.0. The molecule has 2 N–H and O–H groups in total. The largest absolute Gasteiger partial charge is 0.273 e. The highest BCUT2D eigenvalue weighted by Gasteiger charge is 2.73. The average Bonchev–Trinajstić information content (AvgIpc) is 3.06. The fourth-order valence-electron chi connectivity index (χ4n) is 5.61. The quantitative estimate of drug-likeness (QED) is 0.644. The van der Waals surface area contributed by atoms with Crippen LogP contribution in [0, 0.1) is 5.41 Å². The van der Waals surface area contributed by atoms with Gasteiger partial charge in [0.15, 0.2) is 0 Å². The van der Waals surface area contributed by atoms with Crippen LogP contribution >= 0.6 is 0 Å². The van der Waals surface area contributed by atoms with Crippen molar-refractivity contribution in [1.82, 2.24) is 20.8 Å². The van der Waals surface area contributed by atoms with Crippen LogP contribution in [0.3, 0.4) is 0 Å². The minimum absolute atomic E-state index is 0.205. The third-order valence-corrected chi connectivity index (χ3v) is 7.85. The molecule has 3 aromatic rings. The van der Waals surface area contributed by atoms with Crippen molar-refractivity contribution in [1.29, 1.82) is 0 Å². The van der Waals surface area contributed by atoms with Gasteiger partial charge in [-0.1, -0.05) is 63.2 Å². The molecule has 2 amide bonds. The van der Waals surface area contributed by atoms with E-state index in [0.29, 0.717) is 6.42 Å². The summed E-state index contributed by atoms with van der Waals surface area (Å²) >= 11 is 0. The molecule has 1 fully saturated rings. The maximum Gasteiger partial charge on any atom is 0.251 e. The molecule has 0 aliphatic heterocycles. The van der Waals surface area contributed by atoms with Gasteiger partial charge < -0.3 is 0 Å². The van der Waals surface area contributed by atoms with Gasteiger partial charge in [-0.3, -0.25) is 20.4 Å². The molecule has 1 heterocycles. The van der Waals surface area contributed by atoms with Crippen molar-refractivity contribution in [3.63, 3.8) is 0 Å². The molecule has 0 spiro atoms. The standard InChI is InChI=1S/C25H26N4O2/c1-23(2)24(3)13-14-25(23,21-20(24)26-17-11-7-8-12-18(17)27-21)22(31)29-28-19(30)15-16-9-5-4-6-10-16/h4-12H,13-15H2,1-3H3,(H,28,30)(H,29,31). The highest BCUT2D eigenvalue weighted by molar-refractivity contribution is 5.94. The Morgan fingerprint density at radius 1 is 0.839 bits per heavy atom. The molecule has 1 saturated carbocycles. The van der Waals surface area contributed by atoms with Crippen molar-refractivity contribution in [2.24, 2.45) is 5.41 Å². The van der Waals surface area contributed by atoms with Crippen LogP contribution in [0.25, 0.3) is 11.0 Å². The van der Waals surface area contributed by atoms with Gasteiger partial charge in [-0.15, -0.1) is 0 Å². The van der Waals surface area contributed by atoms with E-state index < -0.39 is 10.8 Å². The summed E-state index contributed by atoms with van der Waals surface area (Å²) in [6, 6.07) is 17.2. The molecule has 158 valence electrons. The SMILES string of the molecule is CC12CCC(C(=O)NNC(=O)Cc3ccccc3)(c3nc4ccccc4nc31)C2(C)C. The molecular weight excluding hydrogens is 388 g/mol. The Morgan fingerprint density at radius 2 is 1.45 bits per heavy atom. The van der Waals surface area contributed by atoms with Crippen molar-refractivity contribution in [2.45, 2.75) is 50.9 Å². The first kappa shape index (κ1) is 19.7. The summed E-state index contributed by atoms with van der Waals surface area (Å²) < 4.78 is 0. The van der Waals surface area contributed by atoms with Crippen LogP contribution in [0.5, 0.6) is 0 Å². The van der Waals surface area contributed by atoms with Gasteiger partial charge in [-0.25, -0.2) is 9.97 Å². The maximum absolute atomic E-state index is 13.6. The zero-order chi connectivity index (χ0) is 21.9. The summed E-state index contributed by atoms with van der Waals surface area (Å²) in [4.78, 5) is 36.0. The third kappa shape index (κ3) is 2.57. The molecule has 31 heavy (non-hydrogen) atoms. The molecular formula is C25H26N4O2. The maximum atomic E-state index is 13.6. The summed E-state index contributed by atoms with van der Waals surface area (Å²) in [6.07, 6.45) is 1.73. The third-order valence-electron chi connectivity index (χ3n) is 7.85. The number of para-hydroxylation sites is 2. The Balaban J connectivity index is 1.47. The monoisotopic (exact) mass is 414 g/mol. The van der Waals surface area contributed by atoms with Crippen molar-refractivity contribution in [2.75, 3.05) is 0 Å². The molecule has 6 nitrogen and oxygen atoms in total. The fraction of sp³-hybridized carbons (Fsp3) is 0.360. The number of hydrogen-bond donors (Lipinski definition) is 2. The lowest BCUT2D eigenvalue weighted by Gasteiger charge is -2.39. The number of fused-ring (bicyclic) bond motifs is 6. The molecule has 0 saturated heterocycles. The Bertz CT molecular complexity index is 1210. The van der Waals surface area contributed by atoms with Crippen LogP contribution in [0.1, 0.15) is 50.6 Å². The van der Waals surface area contributed by atoms with Crippen molar-refractivity contribution in [3.8, 4) is 0 Å². The Hall–Kier alpha value is -3.28. The van der Waals surface area contributed by atoms with Crippen molar-refractivity contribution < 1.29 is 9.59 Å². The van der Waals surface area contributed by atoms with E-state index >= 15 is 0 Å². The van der Waals surface area contributed by atoms with Gasteiger partial charge in [0.1, 0.15) is 5.41 Å². The molecule has 1 aromatic heterocycles. The van der Waals surface area contributed by atoms with Crippen molar-refractivity contribution in [3.05, 3.63) is 71.5 Å². The number of amides is 2. The van der Waals surface area contributed by atoms with E-state index in [1.807, 2.05) is 54.6 Å². The molecule has 2 aliphatic rings. The first-order chi connectivity index (χ1) is 14.8. The van der Waals surface area contributed by atoms with E-state index in [4.69, 9.17) is 9.97 Å². The number of rotatable bonds is 3. The Labute approximate surface area is 181 Å². The normalized spacial score (nSPS) is 25.3. The van der Waals surface area contributed by atoms with Crippen LogP contribution < -0.4 is 10.9 Å². The summed E-state index contributed by atoms with van der Waals surface area (Å²) in [5, 5.41) is 0. The lowest BCUT2D eigenvalue weighted by molar-refractivity contribution is -0.135. The molecule has 2 aliphatic carbocycles. The number of benzene rings is 2. The lowest BCUT2D eigenvalue weighted by Crippen LogP contribution is -2.56. The van der Waals surface area contributed by atoms with Crippen LogP contribution in [-0.2, 0) is 26.8 Å². The lowest BCUT2D eigenvalue weighted by atomic mass is 9.63. The molecule has 2 unspecified atom stereocenters. The zero-order valence-corrected chi connectivity index (χ0v) is 18.0. The van der Waals surface area contributed by atoms with Crippen LogP contribution in [0.15, 0.2) is 54.6 Å². The second-order valence-electron chi connectivity index (χ2n) is 9.44. The Morgan fingerprint density at radius 3 is 2.13 bits per heavy atom. The summed E-state index contributed by atoms with van der Waals surface area (Å²) in [6.45, 7) is 6.43. The summed E-state index contributed by atoms with van der Waals surface area (Å²) in [7, 11) is 0. The summed E-state index contributed by atoms with van der Waals surface area (Å²) in [5.74, 6) is -0.469. The highest BCUT2D eigenvalue weighted by Crippen LogP contribution is 2.70. The second kappa shape index (κ2) is 6.61. The van der Waals surface area contributed by atoms with Crippen LogP contribution in [0.4, 0.5) is 0 Å². The molecule has 6 heteroatoms. The van der Waals surface area contributed by atoms with E-state index in [9.17, 15) is 9.59 Å². The van der Waals surface area contributed by atoms with Crippen LogP contribution in [-0.4, -0.2) is 21.8 Å². The first-order valence-electron chi connectivity index (χ1n) is 10.7. The minimum Gasteiger partial charge on any atom is -0.273 e. The van der Waals surface area contributed by atoms with E-state index in [-0.39, 0.29) is 23.7 Å². The van der Waals surface area contributed by atoms with E-state index in [2.05, 4.69) is 31.6 Å². The number of hydrazine groups is 1. The minimum atomic E-state index is -0.839. The number of carbonyl (C=O) groups is 2. The topological polar surface area (TPSA) is 84.0 Å². The molecule has 5 rings (SSSR count). The predicted octanol–water partition coefficient (Wildman–Crippen LogP) is 3.35. The number of nitrogens with zero attached hydrogens (tertiary/aromatic N) is 2. The summed E-state index contributed by atoms with van der Waals surface area (Å²) in [5.41, 5.74) is 8.03. The van der Waals surface area contributed by atoms with E-state index in [1.54, 1.807) is 0 Å². The van der Waals surface area contributed by atoms with E-state index in [1.165, 1.54) is 0 Å². The number of hydrogen-bond acceptors (Lipinski definition) is 4. The van der Waals surface area contributed by atoms with E-state index in [0.717, 1.165) is 34.4 Å². The first-order valence-corrected chi connectivity index (χ1v) is 10.7. The van der Waals surface area contributed by atoms with Crippen LogP contribution in [0.2, 0.25) is 0 Å². The second-order valence-corrected chi connectivity index (χ2v) is 9.44. The fourth-order valence-corrected chi connectivity index (χ4v) is 5.61. The van der Waals surface area contributed by atoms with Gasteiger partial charge in [0.25, 0.3) is 5.91 Å². The number of carbonyl (C=O) groups excluding carboxylic acids is 2. The van der Waals surface area contributed by atoms with Gasteiger partial charge in [-0.2, -0.15) is 0 Å². The van der Waals surface area contributed by atoms with Gasteiger partial charge in [0.05, 0.1) is 28.8 Å².